The van der Waals surface area contributed by atoms with Gasteiger partial charge in [-0.3, -0.25) is 4.79 Å². The third-order valence-corrected chi connectivity index (χ3v) is 4.40. The summed E-state index contributed by atoms with van der Waals surface area (Å²) in [4.78, 5) is 11.5. The summed E-state index contributed by atoms with van der Waals surface area (Å²) in [6.07, 6.45) is 4.98. The van der Waals surface area contributed by atoms with Crippen LogP contribution in [0.15, 0.2) is 18.2 Å². The van der Waals surface area contributed by atoms with Crippen molar-refractivity contribution in [1.29, 1.82) is 0 Å². The highest BCUT2D eigenvalue weighted by molar-refractivity contribution is 5.76. The highest BCUT2D eigenvalue weighted by Crippen LogP contribution is 2.44. The molecule has 1 aromatic rings. The highest BCUT2D eigenvalue weighted by Gasteiger charge is 2.38. The minimum atomic E-state index is 0.209. The molecule has 0 saturated carbocycles. The first-order chi connectivity index (χ1) is 8.71. The van der Waals surface area contributed by atoms with E-state index >= 15 is 0 Å². The number of carbonyl (C=O) groups is 1. The predicted octanol–water partition coefficient (Wildman–Crippen LogP) is 2.08. The number of ether oxygens (including phenoxy) is 1. The second kappa shape index (κ2) is 4.30. The average molecular weight is 245 g/mol. The van der Waals surface area contributed by atoms with Crippen molar-refractivity contribution in [2.75, 3.05) is 13.7 Å². The molecule has 1 unspecified atom stereocenters. The van der Waals surface area contributed by atoms with E-state index in [0.717, 1.165) is 38.0 Å². The number of hydrogen-bond acceptors (Lipinski definition) is 2. The fourth-order valence-electron chi connectivity index (χ4n) is 3.35. The summed E-state index contributed by atoms with van der Waals surface area (Å²) in [5.74, 6) is 1.15. The van der Waals surface area contributed by atoms with Gasteiger partial charge in [-0.15, -0.1) is 0 Å². The molecule has 1 amide bonds. The van der Waals surface area contributed by atoms with Gasteiger partial charge in [0.05, 0.1) is 7.11 Å². The standard InChI is InChI=1S/C15H19NO2/c1-18-13-3-2-11-9-15(10-12(11)8-13)5-4-14(17)16-7-6-15/h2-3,8H,4-7,9-10H2,1H3,(H,16,17). The molecule has 1 atom stereocenters. The van der Waals surface area contributed by atoms with Gasteiger partial charge in [0.25, 0.3) is 0 Å². The van der Waals surface area contributed by atoms with Gasteiger partial charge < -0.3 is 10.1 Å². The molecule has 0 radical (unpaired) electrons. The van der Waals surface area contributed by atoms with E-state index in [4.69, 9.17) is 4.74 Å². The van der Waals surface area contributed by atoms with Crippen molar-refractivity contribution in [3.05, 3.63) is 29.3 Å². The molecule has 1 aliphatic heterocycles. The molecule has 1 spiro atoms. The summed E-state index contributed by atoms with van der Waals surface area (Å²) in [6.45, 7) is 0.823. The second-order valence-electron chi connectivity index (χ2n) is 5.59. The van der Waals surface area contributed by atoms with Crippen LogP contribution in [0.1, 0.15) is 30.4 Å². The second-order valence-corrected chi connectivity index (χ2v) is 5.59. The van der Waals surface area contributed by atoms with E-state index in [1.807, 2.05) is 6.07 Å². The number of amides is 1. The lowest BCUT2D eigenvalue weighted by Gasteiger charge is -2.26. The van der Waals surface area contributed by atoms with Crippen molar-refractivity contribution < 1.29 is 9.53 Å². The molecule has 0 aromatic heterocycles. The molecule has 18 heavy (non-hydrogen) atoms. The summed E-state index contributed by atoms with van der Waals surface area (Å²) in [5.41, 5.74) is 3.14. The third-order valence-electron chi connectivity index (χ3n) is 4.40. The molecule has 1 heterocycles. The van der Waals surface area contributed by atoms with Crippen LogP contribution in [0.2, 0.25) is 0 Å². The first-order valence-corrected chi connectivity index (χ1v) is 6.63. The van der Waals surface area contributed by atoms with E-state index in [0.29, 0.717) is 11.8 Å². The van der Waals surface area contributed by atoms with Crippen molar-refractivity contribution in [3.8, 4) is 5.75 Å². The fraction of sp³-hybridized carbons (Fsp3) is 0.533. The lowest BCUT2D eigenvalue weighted by Crippen LogP contribution is -2.24. The van der Waals surface area contributed by atoms with Crippen LogP contribution >= 0.6 is 0 Å². The third kappa shape index (κ3) is 1.98. The highest BCUT2D eigenvalue weighted by atomic mass is 16.5. The summed E-state index contributed by atoms with van der Waals surface area (Å²) in [7, 11) is 1.71. The molecule has 2 aliphatic rings. The zero-order valence-corrected chi connectivity index (χ0v) is 10.8. The van der Waals surface area contributed by atoms with Crippen LogP contribution in [-0.2, 0) is 17.6 Å². The first kappa shape index (κ1) is 11.6. The summed E-state index contributed by atoms with van der Waals surface area (Å²) >= 11 is 0. The Bertz CT molecular complexity index is 483. The van der Waals surface area contributed by atoms with Crippen molar-refractivity contribution >= 4 is 5.91 Å². The summed E-state index contributed by atoms with van der Waals surface area (Å²) < 4.78 is 5.29. The maximum atomic E-state index is 11.5. The molecule has 1 saturated heterocycles. The Morgan fingerprint density at radius 2 is 2.06 bits per heavy atom. The maximum Gasteiger partial charge on any atom is 0.220 e. The molecule has 3 rings (SSSR count). The van der Waals surface area contributed by atoms with Gasteiger partial charge in [0.2, 0.25) is 5.91 Å². The van der Waals surface area contributed by atoms with Crippen molar-refractivity contribution in [1.82, 2.24) is 5.32 Å². The van der Waals surface area contributed by atoms with Gasteiger partial charge in [-0.25, -0.2) is 0 Å². The van der Waals surface area contributed by atoms with Crippen LogP contribution in [-0.4, -0.2) is 19.6 Å². The first-order valence-electron chi connectivity index (χ1n) is 6.63. The Kier molecular flexibility index (Phi) is 2.77. The molecule has 96 valence electrons. The molecule has 1 N–H and O–H groups in total. The quantitative estimate of drug-likeness (QED) is 0.822. The minimum absolute atomic E-state index is 0.209. The molecule has 1 aliphatic carbocycles. The summed E-state index contributed by atoms with van der Waals surface area (Å²) in [5, 5.41) is 2.98. The number of rotatable bonds is 1. The van der Waals surface area contributed by atoms with Gasteiger partial charge in [-0.2, -0.15) is 0 Å². The zero-order valence-electron chi connectivity index (χ0n) is 10.8. The van der Waals surface area contributed by atoms with E-state index in [1.54, 1.807) is 7.11 Å². The van der Waals surface area contributed by atoms with Crippen LogP contribution in [0.25, 0.3) is 0 Å². The monoisotopic (exact) mass is 245 g/mol. The maximum absolute atomic E-state index is 11.5. The lowest BCUT2D eigenvalue weighted by molar-refractivity contribution is -0.120. The number of fused-ring (bicyclic) bond motifs is 1. The van der Waals surface area contributed by atoms with Crippen molar-refractivity contribution in [3.63, 3.8) is 0 Å². The van der Waals surface area contributed by atoms with Gasteiger partial charge in [-0.05, 0) is 54.4 Å². The summed E-state index contributed by atoms with van der Waals surface area (Å²) in [6, 6.07) is 6.38. The minimum Gasteiger partial charge on any atom is -0.497 e. The van der Waals surface area contributed by atoms with Gasteiger partial charge in [0.15, 0.2) is 0 Å². The molecule has 1 fully saturated rings. The van der Waals surface area contributed by atoms with Gasteiger partial charge in [0, 0.05) is 13.0 Å². The molecular formula is C15H19NO2. The van der Waals surface area contributed by atoms with Gasteiger partial charge >= 0.3 is 0 Å². The van der Waals surface area contributed by atoms with E-state index in [1.165, 1.54) is 11.1 Å². The Balaban J connectivity index is 1.84. The van der Waals surface area contributed by atoms with E-state index < -0.39 is 0 Å². The zero-order chi connectivity index (χ0) is 12.6. The largest absolute Gasteiger partial charge is 0.497 e. The number of benzene rings is 1. The number of methoxy groups -OCH3 is 1. The molecule has 3 heteroatoms. The van der Waals surface area contributed by atoms with E-state index in [-0.39, 0.29) is 5.91 Å². The molecular weight excluding hydrogens is 226 g/mol. The number of nitrogens with one attached hydrogen (secondary N) is 1. The predicted molar refractivity (Wildman–Crippen MR) is 69.7 cm³/mol. The molecule has 3 nitrogen and oxygen atoms in total. The Labute approximate surface area is 108 Å². The lowest BCUT2D eigenvalue weighted by atomic mass is 9.78. The van der Waals surface area contributed by atoms with Crippen LogP contribution in [0.3, 0.4) is 0 Å². The van der Waals surface area contributed by atoms with Crippen LogP contribution < -0.4 is 10.1 Å². The normalized spacial score (nSPS) is 26.6. The van der Waals surface area contributed by atoms with Crippen molar-refractivity contribution in [2.45, 2.75) is 32.1 Å². The average Bonchev–Trinajstić information content (AvgIpc) is 2.63. The van der Waals surface area contributed by atoms with Gasteiger partial charge in [0.1, 0.15) is 5.75 Å². The Morgan fingerprint density at radius 3 is 2.89 bits per heavy atom. The Hall–Kier alpha value is -1.51. The molecule has 0 bridgehead atoms. The smallest absolute Gasteiger partial charge is 0.220 e. The topological polar surface area (TPSA) is 38.3 Å². The number of hydrogen-bond donors (Lipinski definition) is 1. The van der Waals surface area contributed by atoms with E-state index in [2.05, 4.69) is 17.4 Å². The van der Waals surface area contributed by atoms with Crippen LogP contribution in [0.5, 0.6) is 5.75 Å². The van der Waals surface area contributed by atoms with E-state index in [9.17, 15) is 4.79 Å². The Morgan fingerprint density at radius 1 is 1.22 bits per heavy atom. The fourth-order valence-corrected chi connectivity index (χ4v) is 3.35. The van der Waals surface area contributed by atoms with Crippen molar-refractivity contribution in [2.24, 2.45) is 5.41 Å². The SMILES string of the molecule is COc1ccc2c(c1)CC1(CCNC(=O)CC1)C2. The van der Waals surface area contributed by atoms with Crippen LogP contribution in [0.4, 0.5) is 0 Å². The number of carbonyl (C=O) groups excluding carboxylic acids is 1. The molecule has 1 aromatic carbocycles. The van der Waals surface area contributed by atoms with Crippen LogP contribution in [0, 0.1) is 5.41 Å². The van der Waals surface area contributed by atoms with Gasteiger partial charge in [-0.1, -0.05) is 6.07 Å².